The van der Waals surface area contributed by atoms with Crippen molar-refractivity contribution < 1.29 is 13.5 Å². The summed E-state index contributed by atoms with van der Waals surface area (Å²) >= 11 is 1.49. The van der Waals surface area contributed by atoms with Crippen molar-refractivity contribution in [2.24, 2.45) is 0 Å². The van der Waals surface area contributed by atoms with Crippen molar-refractivity contribution in [3.63, 3.8) is 0 Å². The first kappa shape index (κ1) is 18.6. The van der Waals surface area contributed by atoms with Gasteiger partial charge < -0.3 is 5.11 Å². The first-order valence-electron chi connectivity index (χ1n) is 8.16. The molecule has 0 saturated heterocycles. The maximum absolute atomic E-state index is 12.5. The Morgan fingerprint density at radius 1 is 1.12 bits per heavy atom. The maximum atomic E-state index is 12.5. The Hall–Kier alpha value is -2.22. The summed E-state index contributed by atoms with van der Waals surface area (Å²) in [6.45, 7) is 3.95. The molecule has 0 amide bonds. The van der Waals surface area contributed by atoms with Gasteiger partial charge in [-0.25, -0.2) is 18.1 Å². The molecule has 0 aliphatic carbocycles. The highest BCUT2D eigenvalue weighted by Gasteiger charge is 2.16. The quantitative estimate of drug-likeness (QED) is 0.675. The minimum Gasteiger partial charge on any atom is -0.508 e. The fraction of sp³-hybridized carbons (Fsp3) is 0.211. The summed E-state index contributed by atoms with van der Waals surface area (Å²) in [5.41, 5.74) is 3.38. The fourth-order valence-electron chi connectivity index (χ4n) is 2.56. The molecule has 26 heavy (non-hydrogen) atoms. The van der Waals surface area contributed by atoms with Crippen LogP contribution in [-0.2, 0) is 16.4 Å². The Kier molecular flexibility index (Phi) is 5.41. The van der Waals surface area contributed by atoms with Crippen molar-refractivity contribution in [1.29, 1.82) is 0 Å². The van der Waals surface area contributed by atoms with Gasteiger partial charge in [-0.1, -0.05) is 12.1 Å². The Bertz CT molecular complexity index is 1010. The van der Waals surface area contributed by atoms with Crippen molar-refractivity contribution >= 4 is 21.4 Å². The normalized spacial score (nSPS) is 11.6. The number of rotatable bonds is 6. The first-order valence-corrected chi connectivity index (χ1v) is 10.5. The predicted molar refractivity (Wildman–Crippen MR) is 104 cm³/mol. The van der Waals surface area contributed by atoms with Gasteiger partial charge in [0, 0.05) is 23.9 Å². The van der Waals surface area contributed by atoms with Crippen molar-refractivity contribution in [2.75, 3.05) is 6.54 Å². The molecule has 0 radical (unpaired) electrons. The van der Waals surface area contributed by atoms with Crippen LogP contribution in [0, 0.1) is 13.8 Å². The van der Waals surface area contributed by atoms with Gasteiger partial charge >= 0.3 is 0 Å². The number of aromatic nitrogens is 1. The van der Waals surface area contributed by atoms with Crippen molar-refractivity contribution in [1.82, 2.24) is 9.71 Å². The molecule has 136 valence electrons. The van der Waals surface area contributed by atoms with Crippen molar-refractivity contribution in [3.05, 3.63) is 64.0 Å². The summed E-state index contributed by atoms with van der Waals surface area (Å²) in [7, 11) is -3.53. The molecule has 0 fully saturated rings. The largest absolute Gasteiger partial charge is 0.508 e. The molecule has 1 heterocycles. The second-order valence-corrected chi connectivity index (χ2v) is 8.77. The third-order valence-electron chi connectivity index (χ3n) is 3.98. The van der Waals surface area contributed by atoms with Crippen LogP contribution in [0.4, 0.5) is 0 Å². The van der Waals surface area contributed by atoms with Crippen LogP contribution in [0.25, 0.3) is 11.3 Å². The van der Waals surface area contributed by atoms with Crippen LogP contribution in [0.3, 0.4) is 0 Å². The number of thiazole rings is 1. The van der Waals surface area contributed by atoms with Crippen LogP contribution in [0.15, 0.2) is 52.7 Å². The monoisotopic (exact) mass is 388 g/mol. The van der Waals surface area contributed by atoms with E-state index in [0.717, 1.165) is 27.4 Å². The number of sulfonamides is 1. The van der Waals surface area contributed by atoms with Gasteiger partial charge in [-0.15, -0.1) is 11.3 Å². The Labute approximate surface area is 157 Å². The Morgan fingerprint density at radius 3 is 2.58 bits per heavy atom. The van der Waals surface area contributed by atoms with Crippen LogP contribution >= 0.6 is 11.3 Å². The lowest BCUT2D eigenvalue weighted by Crippen LogP contribution is -2.26. The van der Waals surface area contributed by atoms with E-state index in [9.17, 15) is 13.5 Å². The van der Waals surface area contributed by atoms with Crippen molar-refractivity contribution in [3.8, 4) is 17.0 Å². The molecule has 0 spiro atoms. The molecule has 0 bridgehead atoms. The molecule has 3 rings (SSSR count). The lowest BCUT2D eigenvalue weighted by Gasteiger charge is -2.09. The summed E-state index contributed by atoms with van der Waals surface area (Å²) in [5, 5.41) is 12.1. The second kappa shape index (κ2) is 7.57. The zero-order valence-corrected chi connectivity index (χ0v) is 16.2. The summed E-state index contributed by atoms with van der Waals surface area (Å²) < 4.78 is 27.7. The Balaban J connectivity index is 1.65. The lowest BCUT2D eigenvalue weighted by molar-refractivity contribution is 0.475. The molecule has 2 N–H and O–H groups in total. The third kappa shape index (κ3) is 4.30. The molecule has 7 heteroatoms. The highest BCUT2D eigenvalue weighted by molar-refractivity contribution is 7.89. The smallest absolute Gasteiger partial charge is 0.240 e. The number of aromatic hydroxyl groups is 1. The van der Waals surface area contributed by atoms with Crippen LogP contribution in [0.2, 0.25) is 0 Å². The number of nitrogens with zero attached hydrogens (tertiary/aromatic N) is 1. The number of phenolic OH excluding ortho intramolecular Hbond substituents is 1. The number of phenols is 1. The van der Waals surface area contributed by atoms with Crippen LogP contribution in [0.1, 0.15) is 16.1 Å². The minimum atomic E-state index is -3.53. The molecule has 0 aliphatic heterocycles. The molecule has 0 atom stereocenters. The SMILES string of the molecule is Cc1ccc(C)c(S(=O)(=O)NCCc2nc(-c3ccc(O)cc3)cs2)c1. The lowest BCUT2D eigenvalue weighted by atomic mass is 10.2. The molecular formula is C19H20N2O3S2. The Morgan fingerprint density at radius 2 is 1.85 bits per heavy atom. The van der Waals surface area contributed by atoms with Gasteiger partial charge in [-0.2, -0.15) is 0 Å². The number of hydrogen-bond donors (Lipinski definition) is 2. The van der Waals surface area contributed by atoms with Gasteiger partial charge in [0.05, 0.1) is 15.6 Å². The second-order valence-electron chi connectivity index (χ2n) is 6.09. The first-order chi connectivity index (χ1) is 12.3. The third-order valence-corrected chi connectivity index (χ3v) is 6.49. The van der Waals surface area contributed by atoms with Gasteiger partial charge in [0.1, 0.15) is 5.75 Å². The molecule has 3 aromatic rings. The minimum absolute atomic E-state index is 0.213. The van der Waals surface area contributed by atoms with Crippen molar-refractivity contribution in [2.45, 2.75) is 25.2 Å². The standard InChI is InChI=1S/C19H20N2O3S2/c1-13-3-4-14(2)18(11-13)26(23,24)20-10-9-19-21-17(12-25-19)15-5-7-16(22)8-6-15/h3-8,11-12,20,22H,9-10H2,1-2H3. The summed E-state index contributed by atoms with van der Waals surface area (Å²) in [5.74, 6) is 0.213. The zero-order valence-electron chi connectivity index (χ0n) is 14.6. The van der Waals surface area contributed by atoms with Gasteiger partial charge in [-0.3, -0.25) is 0 Å². The zero-order chi connectivity index (χ0) is 18.7. The average Bonchev–Trinajstić information content (AvgIpc) is 3.06. The van der Waals surface area contributed by atoms with E-state index < -0.39 is 10.0 Å². The fourth-order valence-corrected chi connectivity index (χ4v) is 4.72. The van der Waals surface area contributed by atoms with Gasteiger partial charge in [0.2, 0.25) is 10.0 Å². The number of aryl methyl sites for hydroxylation is 2. The van der Waals surface area contributed by atoms with Crippen LogP contribution < -0.4 is 4.72 Å². The van der Waals surface area contributed by atoms with Crippen LogP contribution in [-0.4, -0.2) is 25.1 Å². The molecular weight excluding hydrogens is 368 g/mol. The number of nitrogens with one attached hydrogen (secondary N) is 1. The molecule has 0 saturated carbocycles. The van der Waals surface area contributed by atoms with E-state index in [4.69, 9.17) is 0 Å². The number of benzene rings is 2. The topological polar surface area (TPSA) is 79.3 Å². The van der Waals surface area contributed by atoms with E-state index in [1.54, 1.807) is 37.3 Å². The van der Waals surface area contributed by atoms with Gasteiger partial charge in [-0.05, 0) is 55.3 Å². The molecule has 0 unspecified atom stereocenters. The maximum Gasteiger partial charge on any atom is 0.240 e. The van der Waals surface area contributed by atoms with Gasteiger partial charge in [0.25, 0.3) is 0 Å². The van der Waals surface area contributed by atoms with E-state index in [2.05, 4.69) is 9.71 Å². The molecule has 1 aromatic heterocycles. The van der Waals surface area contributed by atoms with E-state index in [1.165, 1.54) is 11.3 Å². The summed E-state index contributed by atoms with van der Waals surface area (Å²) in [4.78, 5) is 4.86. The van der Waals surface area contributed by atoms with E-state index in [0.29, 0.717) is 11.3 Å². The van der Waals surface area contributed by atoms with Gasteiger partial charge in [0.15, 0.2) is 0 Å². The van der Waals surface area contributed by atoms with E-state index >= 15 is 0 Å². The predicted octanol–water partition coefficient (Wildman–Crippen LogP) is 3.65. The number of hydrogen-bond acceptors (Lipinski definition) is 5. The van der Waals surface area contributed by atoms with Crippen LogP contribution in [0.5, 0.6) is 5.75 Å². The van der Waals surface area contributed by atoms with E-state index in [1.807, 2.05) is 24.4 Å². The highest BCUT2D eigenvalue weighted by Crippen LogP contribution is 2.24. The average molecular weight is 389 g/mol. The van der Waals surface area contributed by atoms with E-state index in [-0.39, 0.29) is 12.3 Å². The highest BCUT2D eigenvalue weighted by atomic mass is 32.2. The molecule has 5 nitrogen and oxygen atoms in total. The molecule has 0 aliphatic rings. The molecule has 2 aromatic carbocycles. The summed E-state index contributed by atoms with van der Waals surface area (Å²) in [6.07, 6.45) is 0.521. The summed E-state index contributed by atoms with van der Waals surface area (Å²) in [6, 6.07) is 12.2.